The average molecular weight is 447 g/mol. The van der Waals surface area contributed by atoms with E-state index in [9.17, 15) is 18.4 Å². The lowest BCUT2D eigenvalue weighted by Gasteiger charge is -2.08. The van der Waals surface area contributed by atoms with E-state index in [0.717, 1.165) is 23.5 Å². The molecule has 3 aromatic rings. The number of amides is 2. The van der Waals surface area contributed by atoms with Crippen molar-refractivity contribution in [2.24, 2.45) is 0 Å². The molecule has 0 spiro atoms. The van der Waals surface area contributed by atoms with Crippen LogP contribution in [0.3, 0.4) is 0 Å². The standard InChI is InChI=1S/C21H19F2N3O4S/c1-29-14-6-12(7-15(9-14)30-2)20(28)26-21-25-13(11-31-21)8-19(27)24-10-16-17(22)4-3-5-18(16)23/h3-7,9,11H,8,10H2,1-2H3,(H,24,27)(H,25,26,28). The van der Waals surface area contributed by atoms with E-state index in [1.807, 2.05) is 0 Å². The molecule has 0 fully saturated rings. The number of aromatic nitrogens is 1. The number of halogens is 2. The molecule has 2 amide bonds. The number of anilines is 1. The molecule has 0 aliphatic heterocycles. The van der Waals surface area contributed by atoms with Crippen LogP contribution in [0.4, 0.5) is 13.9 Å². The summed E-state index contributed by atoms with van der Waals surface area (Å²) in [4.78, 5) is 28.8. The van der Waals surface area contributed by atoms with Gasteiger partial charge in [0.2, 0.25) is 5.91 Å². The number of hydrogen-bond acceptors (Lipinski definition) is 6. The minimum absolute atomic E-state index is 0.102. The summed E-state index contributed by atoms with van der Waals surface area (Å²) in [6.07, 6.45) is -0.102. The summed E-state index contributed by atoms with van der Waals surface area (Å²) in [5, 5.41) is 7.03. The second-order valence-electron chi connectivity index (χ2n) is 6.35. The molecule has 31 heavy (non-hydrogen) atoms. The van der Waals surface area contributed by atoms with Gasteiger partial charge in [0.05, 0.1) is 26.3 Å². The molecule has 0 unspecified atom stereocenters. The highest BCUT2D eigenvalue weighted by Gasteiger charge is 2.14. The Kier molecular flexibility index (Phi) is 7.14. The lowest BCUT2D eigenvalue weighted by molar-refractivity contribution is -0.120. The zero-order chi connectivity index (χ0) is 22.4. The minimum Gasteiger partial charge on any atom is -0.497 e. The van der Waals surface area contributed by atoms with Crippen LogP contribution in [0.1, 0.15) is 21.6 Å². The highest BCUT2D eigenvalue weighted by atomic mass is 32.1. The number of carbonyl (C=O) groups excluding carboxylic acids is 2. The van der Waals surface area contributed by atoms with Crippen molar-refractivity contribution in [1.29, 1.82) is 0 Å². The number of thiazole rings is 1. The van der Waals surface area contributed by atoms with Crippen LogP contribution in [0.5, 0.6) is 11.5 Å². The molecule has 2 aromatic carbocycles. The molecule has 10 heteroatoms. The van der Waals surface area contributed by atoms with Gasteiger partial charge in [-0.2, -0.15) is 0 Å². The van der Waals surface area contributed by atoms with Crippen LogP contribution in [-0.2, 0) is 17.8 Å². The summed E-state index contributed by atoms with van der Waals surface area (Å²) >= 11 is 1.15. The third kappa shape index (κ3) is 5.76. The maximum absolute atomic E-state index is 13.6. The van der Waals surface area contributed by atoms with E-state index in [0.29, 0.717) is 27.9 Å². The number of carbonyl (C=O) groups is 2. The number of rotatable bonds is 8. The quantitative estimate of drug-likeness (QED) is 0.551. The predicted molar refractivity (Wildman–Crippen MR) is 112 cm³/mol. The Morgan fingerprint density at radius 3 is 2.32 bits per heavy atom. The van der Waals surface area contributed by atoms with E-state index >= 15 is 0 Å². The topological polar surface area (TPSA) is 89.6 Å². The van der Waals surface area contributed by atoms with Crippen molar-refractivity contribution in [3.05, 3.63) is 70.2 Å². The number of benzene rings is 2. The smallest absolute Gasteiger partial charge is 0.257 e. The fraction of sp³-hybridized carbons (Fsp3) is 0.190. The van der Waals surface area contributed by atoms with E-state index in [4.69, 9.17) is 9.47 Å². The van der Waals surface area contributed by atoms with Crippen molar-refractivity contribution in [2.45, 2.75) is 13.0 Å². The van der Waals surface area contributed by atoms with Gasteiger partial charge in [0.25, 0.3) is 5.91 Å². The van der Waals surface area contributed by atoms with Crippen molar-refractivity contribution in [3.8, 4) is 11.5 Å². The Morgan fingerprint density at radius 1 is 1.06 bits per heavy atom. The van der Waals surface area contributed by atoms with E-state index < -0.39 is 23.4 Å². The second-order valence-corrected chi connectivity index (χ2v) is 7.21. The Bertz CT molecular complexity index is 1060. The summed E-state index contributed by atoms with van der Waals surface area (Å²) in [7, 11) is 2.96. The molecule has 1 aromatic heterocycles. The summed E-state index contributed by atoms with van der Waals surface area (Å²) in [6, 6.07) is 8.26. The number of methoxy groups -OCH3 is 2. The lowest BCUT2D eigenvalue weighted by atomic mass is 10.2. The van der Waals surface area contributed by atoms with Crippen LogP contribution >= 0.6 is 11.3 Å². The van der Waals surface area contributed by atoms with Gasteiger partial charge in [-0.3, -0.25) is 14.9 Å². The van der Waals surface area contributed by atoms with Gasteiger partial charge in [0, 0.05) is 29.1 Å². The van der Waals surface area contributed by atoms with Gasteiger partial charge >= 0.3 is 0 Å². The first kappa shape index (κ1) is 22.2. The van der Waals surface area contributed by atoms with Crippen LogP contribution < -0.4 is 20.1 Å². The monoisotopic (exact) mass is 447 g/mol. The maximum Gasteiger partial charge on any atom is 0.257 e. The van der Waals surface area contributed by atoms with Gasteiger partial charge in [-0.25, -0.2) is 13.8 Å². The first-order valence-corrected chi connectivity index (χ1v) is 9.96. The molecule has 0 aliphatic carbocycles. The van der Waals surface area contributed by atoms with Gasteiger partial charge < -0.3 is 14.8 Å². The third-order valence-electron chi connectivity index (χ3n) is 4.25. The largest absolute Gasteiger partial charge is 0.497 e. The Balaban J connectivity index is 1.59. The van der Waals surface area contributed by atoms with E-state index in [-0.39, 0.29) is 18.5 Å². The van der Waals surface area contributed by atoms with Crippen LogP contribution in [-0.4, -0.2) is 31.0 Å². The van der Waals surface area contributed by atoms with Crippen LogP contribution in [0.25, 0.3) is 0 Å². The van der Waals surface area contributed by atoms with Crippen molar-refractivity contribution in [1.82, 2.24) is 10.3 Å². The number of nitrogens with one attached hydrogen (secondary N) is 2. The molecule has 0 saturated heterocycles. The van der Waals surface area contributed by atoms with Gasteiger partial charge in [-0.05, 0) is 24.3 Å². The van der Waals surface area contributed by atoms with E-state index in [1.165, 1.54) is 20.3 Å². The molecular weight excluding hydrogens is 428 g/mol. The molecule has 162 valence electrons. The van der Waals surface area contributed by atoms with Crippen LogP contribution in [0.15, 0.2) is 41.8 Å². The summed E-state index contributed by atoms with van der Waals surface area (Å²) in [5.41, 5.74) is 0.517. The zero-order valence-electron chi connectivity index (χ0n) is 16.7. The molecular formula is C21H19F2N3O4S. The van der Waals surface area contributed by atoms with Gasteiger partial charge in [-0.15, -0.1) is 11.3 Å². The average Bonchev–Trinajstić information content (AvgIpc) is 3.19. The maximum atomic E-state index is 13.6. The van der Waals surface area contributed by atoms with Crippen LogP contribution in [0.2, 0.25) is 0 Å². The van der Waals surface area contributed by atoms with Crippen molar-refractivity contribution in [2.75, 3.05) is 19.5 Å². The molecule has 0 radical (unpaired) electrons. The molecule has 0 aliphatic rings. The second kappa shape index (κ2) is 9.98. The molecule has 3 rings (SSSR count). The van der Waals surface area contributed by atoms with Crippen molar-refractivity contribution >= 4 is 28.3 Å². The molecule has 7 nitrogen and oxygen atoms in total. The molecule has 0 saturated carbocycles. The number of hydrogen-bond donors (Lipinski definition) is 2. The first-order chi connectivity index (χ1) is 14.9. The normalized spacial score (nSPS) is 10.5. The van der Waals surface area contributed by atoms with E-state index in [2.05, 4.69) is 15.6 Å². The van der Waals surface area contributed by atoms with Gasteiger partial charge in [0.1, 0.15) is 23.1 Å². The van der Waals surface area contributed by atoms with Gasteiger partial charge in [0.15, 0.2) is 5.13 Å². The van der Waals surface area contributed by atoms with Gasteiger partial charge in [-0.1, -0.05) is 6.07 Å². The fourth-order valence-electron chi connectivity index (χ4n) is 2.67. The zero-order valence-corrected chi connectivity index (χ0v) is 17.5. The lowest BCUT2D eigenvalue weighted by Crippen LogP contribution is -2.25. The van der Waals surface area contributed by atoms with Crippen molar-refractivity contribution < 1.29 is 27.8 Å². The SMILES string of the molecule is COc1cc(OC)cc(C(=O)Nc2nc(CC(=O)NCc3c(F)cccc3F)cs2)c1. The summed E-state index contributed by atoms with van der Waals surface area (Å²) < 4.78 is 37.6. The molecule has 2 N–H and O–H groups in total. The highest BCUT2D eigenvalue weighted by Crippen LogP contribution is 2.24. The first-order valence-electron chi connectivity index (χ1n) is 9.08. The number of ether oxygens (including phenoxy) is 2. The van der Waals surface area contributed by atoms with E-state index in [1.54, 1.807) is 23.6 Å². The highest BCUT2D eigenvalue weighted by molar-refractivity contribution is 7.14. The summed E-state index contributed by atoms with van der Waals surface area (Å²) in [5.74, 6) is -1.40. The molecule has 0 bridgehead atoms. The third-order valence-corrected chi connectivity index (χ3v) is 5.06. The molecule has 1 heterocycles. The number of nitrogens with zero attached hydrogens (tertiary/aromatic N) is 1. The summed E-state index contributed by atoms with van der Waals surface area (Å²) in [6.45, 7) is -0.275. The van der Waals surface area contributed by atoms with Crippen molar-refractivity contribution in [3.63, 3.8) is 0 Å². The minimum atomic E-state index is -0.729. The Hall–Kier alpha value is -3.53. The predicted octanol–water partition coefficient (Wildman–Crippen LogP) is 3.55. The fourth-order valence-corrected chi connectivity index (χ4v) is 3.37. The Labute approximate surface area is 181 Å². The Morgan fingerprint density at radius 2 is 1.71 bits per heavy atom. The molecule has 0 atom stereocenters. The van der Waals surface area contributed by atoms with Crippen LogP contribution in [0, 0.1) is 11.6 Å².